The highest BCUT2D eigenvalue weighted by Gasteiger charge is 2.19. The first-order chi connectivity index (χ1) is 16.5. The van der Waals surface area contributed by atoms with E-state index >= 15 is 0 Å². The van der Waals surface area contributed by atoms with E-state index in [9.17, 15) is 0 Å². The zero-order valence-electron chi connectivity index (χ0n) is 20.0. The van der Waals surface area contributed by atoms with Crippen molar-refractivity contribution in [3.63, 3.8) is 0 Å². The average Bonchev–Trinajstić information content (AvgIpc) is 2.83. The molecule has 0 amide bonds. The molecule has 34 heavy (non-hydrogen) atoms. The number of hydrogen-bond donors (Lipinski definition) is 3. The number of nitrogen functional groups attached to an aromatic ring is 1. The summed E-state index contributed by atoms with van der Waals surface area (Å²) in [7, 11) is 0. The smallest absolute Gasteiger partial charge is 0.213 e. The van der Waals surface area contributed by atoms with Gasteiger partial charge in [0.15, 0.2) is 0 Å². The van der Waals surface area contributed by atoms with Crippen molar-refractivity contribution in [2.24, 2.45) is 0 Å². The maximum absolute atomic E-state index is 8.64. The van der Waals surface area contributed by atoms with Crippen LogP contribution in [-0.2, 0) is 4.74 Å². The molecule has 1 aliphatic rings. The molecule has 2 aromatic rings. The number of aromatic nitrogens is 1. The first-order valence-electron chi connectivity index (χ1n) is 11.6. The minimum Gasteiger partial charge on any atom is -0.475 e. The third-order valence-electron chi connectivity index (χ3n) is 5.32. The van der Waals surface area contributed by atoms with Gasteiger partial charge in [0, 0.05) is 60.9 Å². The lowest BCUT2D eigenvalue weighted by Crippen LogP contribution is -2.45. The van der Waals surface area contributed by atoms with Crippen LogP contribution in [0.5, 0.6) is 5.88 Å². The van der Waals surface area contributed by atoms with Gasteiger partial charge >= 0.3 is 0 Å². The largest absolute Gasteiger partial charge is 0.475 e. The molecule has 0 bridgehead atoms. The van der Waals surface area contributed by atoms with Crippen LogP contribution in [0.4, 0.5) is 11.4 Å². The van der Waals surface area contributed by atoms with Crippen LogP contribution >= 0.6 is 0 Å². The summed E-state index contributed by atoms with van der Waals surface area (Å²) in [6.07, 6.45) is 11.6. The Labute approximate surface area is 202 Å². The lowest BCUT2D eigenvalue weighted by Gasteiger charge is -2.32. The summed E-state index contributed by atoms with van der Waals surface area (Å²) in [4.78, 5) is 6.68. The highest BCUT2D eigenvalue weighted by molar-refractivity contribution is 6.14. The summed E-state index contributed by atoms with van der Waals surface area (Å²) in [6, 6.07) is 9.27. The van der Waals surface area contributed by atoms with E-state index in [-0.39, 0.29) is 12.2 Å². The van der Waals surface area contributed by atoms with Crippen molar-refractivity contribution in [3.05, 3.63) is 84.6 Å². The van der Waals surface area contributed by atoms with Crippen LogP contribution in [-0.4, -0.2) is 60.6 Å². The predicted molar refractivity (Wildman–Crippen MR) is 140 cm³/mol. The van der Waals surface area contributed by atoms with Crippen molar-refractivity contribution in [3.8, 4) is 5.88 Å². The molecule has 7 nitrogen and oxygen atoms in total. The predicted octanol–water partition coefficient (Wildman–Crippen LogP) is 4.28. The summed E-state index contributed by atoms with van der Waals surface area (Å²) in [5.74, 6) is 0.542. The molecule has 1 aromatic carbocycles. The van der Waals surface area contributed by atoms with Gasteiger partial charge in [-0.15, -0.1) is 0 Å². The van der Waals surface area contributed by atoms with E-state index in [1.54, 1.807) is 18.3 Å². The summed E-state index contributed by atoms with van der Waals surface area (Å²) in [5, 5.41) is 12.1. The first-order valence-corrected chi connectivity index (χ1v) is 11.6. The molecule has 180 valence electrons. The lowest BCUT2D eigenvalue weighted by atomic mass is 10.0. The number of anilines is 2. The molecule has 0 aliphatic carbocycles. The van der Waals surface area contributed by atoms with Crippen LogP contribution in [0.25, 0.3) is 0 Å². The number of pyridine rings is 1. The van der Waals surface area contributed by atoms with Crippen LogP contribution in [0.1, 0.15) is 25.0 Å². The Kier molecular flexibility index (Phi) is 9.43. The van der Waals surface area contributed by atoms with Crippen molar-refractivity contribution in [1.82, 2.24) is 9.88 Å². The van der Waals surface area contributed by atoms with Crippen molar-refractivity contribution in [2.45, 2.75) is 26.1 Å². The fourth-order valence-corrected chi connectivity index (χ4v) is 3.61. The maximum Gasteiger partial charge on any atom is 0.213 e. The number of nitrogens with one attached hydrogen (secondary N) is 2. The van der Waals surface area contributed by atoms with E-state index in [0.717, 1.165) is 25.3 Å². The highest BCUT2D eigenvalue weighted by atomic mass is 16.5. The van der Waals surface area contributed by atoms with Gasteiger partial charge in [-0.05, 0) is 38.1 Å². The van der Waals surface area contributed by atoms with E-state index < -0.39 is 0 Å². The Morgan fingerprint density at radius 1 is 1.32 bits per heavy atom. The maximum atomic E-state index is 8.64. The highest BCUT2D eigenvalue weighted by Crippen LogP contribution is 2.22. The molecule has 7 heteroatoms. The fraction of sp³-hybridized carbons (Fsp3) is 0.333. The molecule has 1 unspecified atom stereocenters. The minimum absolute atomic E-state index is 0.0485. The molecular weight excluding hydrogens is 426 g/mol. The number of rotatable bonds is 11. The van der Waals surface area contributed by atoms with Crippen molar-refractivity contribution in [1.29, 1.82) is 5.41 Å². The molecule has 1 atom stereocenters. The summed E-state index contributed by atoms with van der Waals surface area (Å²) in [5.41, 5.74) is 9.31. The zero-order chi connectivity index (χ0) is 24.3. The molecule has 1 fully saturated rings. The number of nitrogens with zero attached hydrogens (tertiary/aromatic N) is 2. The molecule has 2 heterocycles. The second-order valence-electron chi connectivity index (χ2n) is 8.41. The van der Waals surface area contributed by atoms with Crippen LogP contribution in [0.3, 0.4) is 0 Å². The minimum atomic E-state index is 0.0485. The third kappa shape index (κ3) is 7.57. The van der Waals surface area contributed by atoms with Gasteiger partial charge in [-0.25, -0.2) is 4.98 Å². The normalized spacial score (nSPS) is 16.9. The Hall–Kier alpha value is -3.42. The van der Waals surface area contributed by atoms with Gasteiger partial charge in [0.25, 0.3) is 0 Å². The summed E-state index contributed by atoms with van der Waals surface area (Å²) in [6.45, 7) is 11.6. The molecule has 4 N–H and O–H groups in total. The van der Waals surface area contributed by atoms with Crippen LogP contribution < -0.4 is 15.8 Å². The van der Waals surface area contributed by atoms with Gasteiger partial charge in [0.2, 0.25) is 5.88 Å². The molecule has 0 saturated carbocycles. The zero-order valence-corrected chi connectivity index (χ0v) is 20.0. The number of morpholine rings is 1. The van der Waals surface area contributed by atoms with Gasteiger partial charge in [-0.1, -0.05) is 37.0 Å². The van der Waals surface area contributed by atoms with Crippen molar-refractivity contribution < 1.29 is 9.47 Å². The number of hydrogen-bond acceptors (Lipinski definition) is 7. The third-order valence-corrected chi connectivity index (χ3v) is 5.32. The number of allylic oxidation sites excluding steroid dienone is 4. The van der Waals surface area contributed by atoms with E-state index in [4.69, 9.17) is 20.6 Å². The van der Waals surface area contributed by atoms with Crippen molar-refractivity contribution >= 4 is 17.1 Å². The topological polar surface area (TPSA) is 96.5 Å². The summed E-state index contributed by atoms with van der Waals surface area (Å²) < 4.78 is 11.5. The molecule has 1 saturated heterocycles. The van der Waals surface area contributed by atoms with Gasteiger partial charge in [-0.3, -0.25) is 10.3 Å². The van der Waals surface area contributed by atoms with Crippen LogP contribution in [0, 0.1) is 5.41 Å². The van der Waals surface area contributed by atoms with E-state index in [0.29, 0.717) is 41.6 Å². The lowest BCUT2D eigenvalue weighted by molar-refractivity contribution is -0.0169. The molecule has 1 aromatic heterocycles. The Balaban J connectivity index is 1.58. The second-order valence-corrected chi connectivity index (χ2v) is 8.41. The number of ether oxygens (including phenoxy) is 2. The Bertz CT molecular complexity index is 1010. The summed E-state index contributed by atoms with van der Waals surface area (Å²) >= 11 is 0. The van der Waals surface area contributed by atoms with Gasteiger partial charge in [0.1, 0.15) is 0 Å². The quantitative estimate of drug-likeness (QED) is 0.263. The molecular formula is C27H35N5O2. The second kappa shape index (κ2) is 12.7. The fourth-order valence-electron chi connectivity index (χ4n) is 3.61. The number of nitrogens with two attached hydrogens (primary N) is 1. The molecule has 3 rings (SSSR count). The molecule has 0 spiro atoms. The van der Waals surface area contributed by atoms with Crippen molar-refractivity contribution in [2.75, 3.05) is 43.8 Å². The van der Waals surface area contributed by atoms with Crippen LogP contribution in [0.15, 0.2) is 73.5 Å². The first kappa shape index (κ1) is 25.2. The van der Waals surface area contributed by atoms with E-state index in [1.165, 1.54) is 0 Å². The van der Waals surface area contributed by atoms with E-state index in [2.05, 4.69) is 27.9 Å². The van der Waals surface area contributed by atoms with E-state index in [1.807, 2.05) is 56.3 Å². The monoisotopic (exact) mass is 461 g/mol. The standard InChI is InChI=1S/C27H35N5O2/c1-4-5-6-7-8-13-32-14-15-33-23(19-32)18-30-22-10-11-25(28)24(16-22)27(29)21-9-12-26(31-17-21)34-20(2)3/h4-12,16-17,20,23,29-30H,1,13-15,18-19,28H2,2-3H3/b6-5-,8-7+,29-27?. The van der Waals surface area contributed by atoms with Gasteiger partial charge < -0.3 is 20.5 Å². The SMILES string of the molecule is C=C/C=C\C=C\CN1CCOC(CNc2ccc(N)c(C(=N)c3ccc(OC(C)C)nc3)c2)C1. The van der Waals surface area contributed by atoms with Crippen LogP contribution in [0.2, 0.25) is 0 Å². The average molecular weight is 462 g/mol. The van der Waals surface area contributed by atoms with Gasteiger partial charge in [-0.2, -0.15) is 0 Å². The Morgan fingerprint density at radius 3 is 2.91 bits per heavy atom. The Morgan fingerprint density at radius 2 is 2.18 bits per heavy atom. The molecule has 0 radical (unpaired) electrons. The number of benzene rings is 1. The van der Waals surface area contributed by atoms with Gasteiger partial charge in [0.05, 0.1) is 24.5 Å². The molecule has 1 aliphatic heterocycles.